The summed E-state index contributed by atoms with van der Waals surface area (Å²) in [5.41, 5.74) is 6.47. The van der Waals surface area contributed by atoms with Crippen molar-refractivity contribution in [2.45, 2.75) is 18.9 Å². The fourth-order valence-corrected chi connectivity index (χ4v) is 1.88. The van der Waals surface area contributed by atoms with Crippen LogP contribution in [0.2, 0.25) is 0 Å². The van der Waals surface area contributed by atoms with Gasteiger partial charge in [0.2, 0.25) is 0 Å². The van der Waals surface area contributed by atoms with Crippen LogP contribution in [0.15, 0.2) is 41.0 Å². The molecule has 0 saturated carbocycles. The second-order valence-corrected chi connectivity index (χ2v) is 4.09. The highest BCUT2D eigenvalue weighted by Crippen LogP contribution is 2.26. The minimum absolute atomic E-state index is 0.223. The maximum atomic E-state index is 14.0. The lowest BCUT2D eigenvalue weighted by molar-refractivity contribution is 0.381. The Labute approximate surface area is 105 Å². The van der Waals surface area contributed by atoms with Crippen molar-refractivity contribution >= 4 is 0 Å². The fraction of sp³-hybridized carbons (Fsp3) is 0.286. The molecule has 96 valence electrons. The number of hydrogen-bond acceptors (Lipinski definition) is 3. The predicted molar refractivity (Wildman–Crippen MR) is 66.9 cm³/mol. The molecule has 0 spiro atoms. The second-order valence-electron chi connectivity index (χ2n) is 4.09. The van der Waals surface area contributed by atoms with Gasteiger partial charge in [-0.15, -0.1) is 0 Å². The van der Waals surface area contributed by atoms with Crippen molar-refractivity contribution in [3.63, 3.8) is 0 Å². The highest BCUT2D eigenvalue weighted by atomic mass is 19.1. The van der Waals surface area contributed by atoms with Crippen LogP contribution < -0.4 is 10.5 Å². The zero-order valence-electron chi connectivity index (χ0n) is 10.2. The molecule has 0 amide bonds. The van der Waals surface area contributed by atoms with Gasteiger partial charge >= 0.3 is 0 Å². The topological polar surface area (TPSA) is 48.4 Å². The summed E-state index contributed by atoms with van der Waals surface area (Å²) >= 11 is 0. The van der Waals surface area contributed by atoms with Crippen molar-refractivity contribution in [2.75, 3.05) is 7.11 Å². The van der Waals surface area contributed by atoms with Crippen LogP contribution in [0.1, 0.15) is 23.8 Å². The lowest BCUT2D eigenvalue weighted by Gasteiger charge is -2.13. The van der Waals surface area contributed by atoms with E-state index in [0.29, 0.717) is 18.4 Å². The minimum Gasteiger partial charge on any atom is -0.494 e. The van der Waals surface area contributed by atoms with Crippen molar-refractivity contribution in [1.29, 1.82) is 0 Å². The van der Waals surface area contributed by atoms with Crippen molar-refractivity contribution in [3.05, 3.63) is 53.7 Å². The molecule has 2 N–H and O–H groups in total. The molecule has 2 aromatic rings. The quantitative estimate of drug-likeness (QED) is 0.886. The molecule has 0 fully saturated rings. The van der Waals surface area contributed by atoms with Crippen molar-refractivity contribution < 1.29 is 13.5 Å². The van der Waals surface area contributed by atoms with Crippen LogP contribution in [0, 0.1) is 5.82 Å². The van der Waals surface area contributed by atoms with E-state index in [2.05, 4.69) is 0 Å². The second kappa shape index (κ2) is 5.69. The van der Waals surface area contributed by atoms with E-state index in [-0.39, 0.29) is 17.6 Å². The maximum Gasteiger partial charge on any atom is 0.169 e. The molecule has 18 heavy (non-hydrogen) atoms. The Morgan fingerprint density at radius 3 is 2.83 bits per heavy atom. The monoisotopic (exact) mass is 249 g/mol. The van der Waals surface area contributed by atoms with Crippen LogP contribution >= 0.6 is 0 Å². The smallest absolute Gasteiger partial charge is 0.169 e. The minimum atomic E-state index is -0.382. The van der Waals surface area contributed by atoms with Gasteiger partial charge in [-0.3, -0.25) is 0 Å². The predicted octanol–water partition coefficient (Wildman–Crippen LogP) is 3.06. The third-order valence-corrected chi connectivity index (χ3v) is 2.89. The molecule has 0 bridgehead atoms. The number of rotatable bonds is 5. The number of aryl methyl sites for hydroxylation is 1. The summed E-state index contributed by atoms with van der Waals surface area (Å²) in [5, 5.41) is 0. The van der Waals surface area contributed by atoms with E-state index in [0.717, 1.165) is 5.76 Å². The average molecular weight is 249 g/mol. The van der Waals surface area contributed by atoms with Crippen LogP contribution in [0.3, 0.4) is 0 Å². The van der Waals surface area contributed by atoms with Gasteiger partial charge in [0.15, 0.2) is 11.6 Å². The van der Waals surface area contributed by atoms with E-state index in [1.54, 1.807) is 24.5 Å². The molecule has 0 radical (unpaired) electrons. The molecule has 2 rings (SSSR count). The molecule has 0 aliphatic heterocycles. The summed E-state index contributed by atoms with van der Waals surface area (Å²) in [4.78, 5) is 0. The van der Waals surface area contributed by atoms with Crippen LogP contribution in [-0.4, -0.2) is 7.11 Å². The number of ether oxygens (including phenoxy) is 1. The summed E-state index contributed by atoms with van der Waals surface area (Å²) in [6.07, 6.45) is 2.93. The first-order chi connectivity index (χ1) is 8.72. The third-order valence-electron chi connectivity index (χ3n) is 2.89. The molecule has 1 aromatic heterocycles. The van der Waals surface area contributed by atoms with Crippen LogP contribution in [0.25, 0.3) is 0 Å². The van der Waals surface area contributed by atoms with Gasteiger partial charge in [-0.2, -0.15) is 0 Å². The largest absolute Gasteiger partial charge is 0.494 e. The van der Waals surface area contributed by atoms with Gasteiger partial charge in [0.25, 0.3) is 0 Å². The molecule has 0 saturated heterocycles. The van der Waals surface area contributed by atoms with Gasteiger partial charge in [0.1, 0.15) is 5.76 Å². The molecule has 0 aliphatic carbocycles. The number of benzene rings is 1. The lowest BCUT2D eigenvalue weighted by atomic mass is 10.0. The van der Waals surface area contributed by atoms with Gasteiger partial charge in [-0.1, -0.05) is 12.1 Å². The number of nitrogens with two attached hydrogens (primary N) is 1. The molecule has 3 nitrogen and oxygen atoms in total. The van der Waals surface area contributed by atoms with Gasteiger partial charge in [0.05, 0.1) is 13.4 Å². The molecule has 0 aliphatic rings. The normalized spacial score (nSPS) is 12.4. The van der Waals surface area contributed by atoms with Crippen molar-refractivity contribution in [1.82, 2.24) is 0 Å². The third kappa shape index (κ3) is 2.71. The Hall–Kier alpha value is -1.81. The Bertz CT molecular complexity index is 497. The highest BCUT2D eigenvalue weighted by Gasteiger charge is 2.15. The zero-order chi connectivity index (χ0) is 13.0. The molecule has 4 heteroatoms. The molecule has 1 atom stereocenters. The zero-order valence-corrected chi connectivity index (χ0v) is 10.2. The van der Waals surface area contributed by atoms with Crippen molar-refractivity contribution in [2.24, 2.45) is 5.73 Å². The summed E-state index contributed by atoms with van der Waals surface area (Å²) in [6.45, 7) is 0. The van der Waals surface area contributed by atoms with E-state index < -0.39 is 0 Å². The summed E-state index contributed by atoms with van der Waals surface area (Å²) < 4.78 is 24.1. The number of furan rings is 1. The number of hydrogen-bond donors (Lipinski definition) is 1. The lowest BCUT2D eigenvalue weighted by Crippen LogP contribution is -2.13. The molecule has 1 heterocycles. The highest BCUT2D eigenvalue weighted by molar-refractivity contribution is 5.32. The van der Waals surface area contributed by atoms with Gasteiger partial charge < -0.3 is 14.9 Å². The Morgan fingerprint density at radius 1 is 1.33 bits per heavy atom. The van der Waals surface area contributed by atoms with Gasteiger partial charge in [-0.05, 0) is 24.6 Å². The van der Waals surface area contributed by atoms with Crippen molar-refractivity contribution in [3.8, 4) is 5.75 Å². The van der Waals surface area contributed by atoms with Gasteiger partial charge in [0, 0.05) is 18.0 Å². The van der Waals surface area contributed by atoms with E-state index in [4.69, 9.17) is 14.9 Å². The van der Waals surface area contributed by atoms with Crippen LogP contribution in [0.5, 0.6) is 5.75 Å². The summed E-state index contributed by atoms with van der Waals surface area (Å²) in [5.74, 6) is 0.696. The number of methoxy groups -OCH3 is 1. The van der Waals surface area contributed by atoms with Gasteiger partial charge in [-0.25, -0.2) is 4.39 Å². The number of halogens is 1. The Morgan fingerprint density at radius 2 is 2.17 bits per heavy atom. The standard InChI is InChI=1S/C14H16FNO2/c1-17-13-6-2-5-11(14(13)15)12(16)8-7-10-4-3-9-18-10/h2-6,9,12H,7-8,16H2,1H3. The SMILES string of the molecule is COc1cccc(C(N)CCc2ccco2)c1F. The Balaban J connectivity index is 2.06. The Kier molecular flexibility index (Phi) is 3.99. The summed E-state index contributed by atoms with van der Waals surface area (Å²) in [7, 11) is 1.44. The first-order valence-corrected chi connectivity index (χ1v) is 5.82. The first kappa shape index (κ1) is 12.6. The molecule has 1 unspecified atom stereocenters. The van der Waals surface area contributed by atoms with E-state index in [9.17, 15) is 4.39 Å². The average Bonchev–Trinajstić information content (AvgIpc) is 2.89. The van der Waals surface area contributed by atoms with Crippen LogP contribution in [0.4, 0.5) is 4.39 Å². The van der Waals surface area contributed by atoms with E-state index in [1.807, 2.05) is 12.1 Å². The van der Waals surface area contributed by atoms with E-state index in [1.165, 1.54) is 7.11 Å². The maximum absolute atomic E-state index is 14.0. The molecular formula is C14H16FNO2. The first-order valence-electron chi connectivity index (χ1n) is 5.82. The summed E-state index contributed by atoms with van der Waals surface area (Å²) in [6, 6.07) is 8.35. The fourth-order valence-electron chi connectivity index (χ4n) is 1.88. The molecule has 1 aromatic carbocycles. The van der Waals surface area contributed by atoms with Crippen LogP contribution in [-0.2, 0) is 6.42 Å². The molecular weight excluding hydrogens is 233 g/mol. The van der Waals surface area contributed by atoms with E-state index >= 15 is 0 Å².